The Morgan fingerprint density at radius 2 is 1.81 bits per heavy atom. The summed E-state index contributed by atoms with van der Waals surface area (Å²) in [5, 5.41) is 3.61. The van der Waals surface area contributed by atoms with Crippen LogP contribution in [0.3, 0.4) is 0 Å². The van der Waals surface area contributed by atoms with E-state index in [9.17, 15) is 17.2 Å². The molecule has 0 amide bonds. The Bertz CT molecular complexity index is 881. The lowest BCUT2D eigenvalue weighted by Gasteiger charge is -2.40. The molecule has 1 aromatic heterocycles. The van der Waals surface area contributed by atoms with Gasteiger partial charge in [0.2, 0.25) is 10.0 Å². The fourth-order valence-electron chi connectivity index (χ4n) is 3.22. The molecule has 1 saturated heterocycles. The molecule has 2 aromatic rings. The number of piperazine rings is 1. The maximum atomic E-state index is 12.9. The van der Waals surface area contributed by atoms with Crippen molar-refractivity contribution in [2.75, 3.05) is 24.5 Å². The number of halogens is 2. The summed E-state index contributed by atoms with van der Waals surface area (Å²) in [6.07, 6.45) is 0.909. The van der Waals surface area contributed by atoms with Crippen molar-refractivity contribution in [3.05, 3.63) is 41.7 Å². The van der Waals surface area contributed by atoms with Crippen LogP contribution in [0.2, 0.25) is 0 Å². The van der Waals surface area contributed by atoms with Gasteiger partial charge in [-0.05, 0) is 32.9 Å². The lowest BCUT2D eigenvalue weighted by Crippen LogP contribution is -2.53. The average Bonchev–Trinajstić information content (AvgIpc) is 2.99. The van der Waals surface area contributed by atoms with Crippen molar-refractivity contribution in [1.29, 1.82) is 0 Å². The molecule has 9 heteroatoms. The van der Waals surface area contributed by atoms with E-state index in [1.54, 1.807) is 0 Å². The van der Waals surface area contributed by atoms with Crippen molar-refractivity contribution in [1.82, 2.24) is 14.1 Å². The fourth-order valence-corrected chi connectivity index (χ4v) is 4.89. The Hall–Kier alpha value is -2.00. The van der Waals surface area contributed by atoms with Gasteiger partial charge in [-0.15, -0.1) is 0 Å². The van der Waals surface area contributed by atoms with E-state index in [-0.39, 0.29) is 23.2 Å². The molecule has 0 bridgehead atoms. The SMILES string of the molecule is Cc1ccc(N2CCN(S(=O)(=O)c3cn(C(F)F)nc3C)CC2C)cc1. The van der Waals surface area contributed by atoms with Crippen molar-refractivity contribution >= 4 is 15.7 Å². The van der Waals surface area contributed by atoms with Crippen molar-refractivity contribution in [2.24, 2.45) is 0 Å². The fraction of sp³-hybridized carbons (Fsp3) is 0.471. The van der Waals surface area contributed by atoms with Crippen LogP contribution in [0.4, 0.5) is 14.5 Å². The minimum Gasteiger partial charge on any atom is -0.366 e. The molecule has 3 rings (SSSR count). The van der Waals surface area contributed by atoms with Crippen LogP contribution < -0.4 is 4.90 Å². The van der Waals surface area contributed by atoms with E-state index in [1.807, 2.05) is 38.1 Å². The van der Waals surface area contributed by atoms with Crippen LogP contribution in [0.15, 0.2) is 35.4 Å². The average molecular weight is 384 g/mol. The number of anilines is 1. The molecule has 1 aromatic carbocycles. The second kappa shape index (κ2) is 6.96. The number of hydrogen-bond acceptors (Lipinski definition) is 4. The number of aromatic nitrogens is 2. The summed E-state index contributed by atoms with van der Waals surface area (Å²) < 4.78 is 53.1. The summed E-state index contributed by atoms with van der Waals surface area (Å²) in [6.45, 7) is 3.64. The molecular weight excluding hydrogens is 362 g/mol. The molecule has 0 saturated carbocycles. The zero-order valence-corrected chi connectivity index (χ0v) is 15.7. The van der Waals surface area contributed by atoms with E-state index in [4.69, 9.17) is 0 Å². The van der Waals surface area contributed by atoms with Crippen molar-refractivity contribution < 1.29 is 17.2 Å². The third-order valence-corrected chi connectivity index (χ3v) is 6.61. The van der Waals surface area contributed by atoms with Crippen LogP contribution in [-0.4, -0.2) is 48.2 Å². The zero-order valence-electron chi connectivity index (χ0n) is 14.9. The van der Waals surface area contributed by atoms with Crippen LogP contribution in [0.25, 0.3) is 0 Å². The van der Waals surface area contributed by atoms with Gasteiger partial charge in [-0.3, -0.25) is 0 Å². The van der Waals surface area contributed by atoms with Crippen molar-refractivity contribution in [3.63, 3.8) is 0 Å². The first-order valence-electron chi connectivity index (χ1n) is 8.37. The van der Waals surface area contributed by atoms with Gasteiger partial charge in [-0.25, -0.2) is 13.1 Å². The van der Waals surface area contributed by atoms with Crippen LogP contribution in [0.1, 0.15) is 24.7 Å². The second-order valence-electron chi connectivity index (χ2n) is 6.58. The van der Waals surface area contributed by atoms with Gasteiger partial charge in [-0.2, -0.15) is 18.2 Å². The molecule has 1 unspecified atom stereocenters. The molecule has 2 heterocycles. The first kappa shape index (κ1) is 18.8. The Labute approximate surface area is 152 Å². The van der Waals surface area contributed by atoms with Gasteiger partial charge in [-0.1, -0.05) is 17.7 Å². The molecule has 0 N–H and O–H groups in total. The number of rotatable bonds is 4. The predicted molar refractivity (Wildman–Crippen MR) is 95.0 cm³/mol. The molecule has 0 spiro atoms. The highest BCUT2D eigenvalue weighted by Crippen LogP contribution is 2.26. The highest BCUT2D eigenvalue weighted by atomic mass is 32.2. The maximum Gasteiger partial charge on any atom is 0.333 e. The van der Waals surface area contributed by atoms with Crippen LogP contribution >= 0.6 is 0 Å². The van der Waals surface area contributed by atoms with Crippen LogP contribution in [0, 0.1) is 13.8 Å². The quantitative estimate of drug-likeness (QED) is 0.813. The maximum absolute atomic E-state index is 12.9. The molecule has 26 heavy (non-hydrogen) atoms. The molecule has 142 valence electrons. The molecule has 1 atom stereocenters. The summed E-state index contributed by atoms with van der Waals surface area (Å²) in [5.41, 5.74) is 2.29. The predicted octanol–water partition coefficient (Wildman–Crippen LogP) is 2.79. The Kier molecular flexibility index (Phi) is 5.03. The third kappa shape index (κ3) is 3.45. The normalized spacial score (nSPS) is 19.3. The van der Waals surface area contributed by atoms with Crippen molar-refractivity contribution in [2.45, 2.75) is 38.3 Å². The zero-order chi connectivity index (χ0) is 19.1. The number of hydrogen-bond donors (Lipinski definition) is 0. The summed E-state index contributed by atoms with van der Waals surface area (Å²) in [5.74, 6) is 0. The van der Waals surface area contributed by atoms with E-state index >= 15 is 0 Å². The van der Waals surface area contributed by atoms with Crippen LogP contribution in [-0.2, 0) is 10.0 Å². The van der Waals surface area contributed by atoms with E-state index < -0.39 is 16.6 Å². The molecule has 1 aliphatic heterocycles. The summed E-state index contributed by atoms with van der Waals surface area (Å²) in [4.78, 5) is 2.00. The number of nitrogens with zero attached hydrogens (tertiary/aromatic N) is 4. The van der Waals surface area contributed by atoms with E-state index in [1.165, 1.54) is 11.2 Å². The minimum atomic E-state index is -3.86. The number of aryl methyl sites for hydroxylation is 2. The van der Waals surface area contributed by atoms with Gasteiger partial charge in [0, 0.05) is 31.4 Å². The second-order valence-corrected chi connectivity index (χ2v) is 8.48. The first-order valence-corrected chi connectivity index (χ1v) is 9.81. The molecule has 6 nitrogen and oxygen atoms in total. The van der Waals surface area contributed by atoms with E-state index in [0.717, 1.165) is 17.4 Å². The largest absolute Gasteiger partial charge is 0.366 e. The summed E-state index contributed by atoms with van der Waals surface area (Å²) in [7, 11) is -3.86. The highest BCUT2D eigenvalue weighted by molar-refractivity contribution is 7.89. The lowest BCUT2D eigenvalue weighted by molar-refractivity contribution is 0.0561. The topological polar surface area (TPSA) is 58.4 Å². The Balaban J connectivity index is 1.80. The summed E-state index contributed by atoms with van der Waals surface area (Å²) in [6, 6.07) is 8.05. The molecule has 1 aliphatic rings. The van der Waals surface area contributed by atoms with Gasteiger partial charge in [0.15, 0.2) is 0 Å². The van der Waals surface area contributed by atoms with Gasteiger partial charge in [0.25, 0.3) is 0 Å². The first-order chi connectivity index (χ1) is 12.2. The number of alkyl halides is 2. The number of benzene rings is 1. The highest BCUT2D eigenvalue weighted by Gasteiger charge is 2.34. The minimum absolute atomic E-state index is 0.0355. The number of sulfonamides is 1. The van der Waals surface area contributed by atoms with Gasteiger partial charge >= 0.3 is 6.55 Å². The summed E-state index contributed by atoms with van der Waals surface area (Å²) >= 11 is 0. The monoisotopic (exact) mass is 384 g/mol. The van der Waals surface area contributed by atoms with Gasteiger partial charge in [0.1, 0.15) is 4.90 Å². The molecule has 0 radical (unpaired) electrons. The van der Waals surface area contributed by atoms with Crippen LogP contribution in [0.5, 0.6) is 0 Å². The van der Waals surface area contributed by atoms with E-state index in [2.05, 4.69) is 10.00 Å². The Morgan fingerprint density at radius 1 is 1.15 bits per heavy atom. The van der Waals surface area contributed by atoms with Gasteiger partial charge < -0.3 is 4.90 Å². The smallest absolute Gasteiger partial charge is 0.333 e. The van der Waals surface area contributed by atoms with Crippen molar-refractivity contribution in [3.8, 4) is 0 Å². The van der Waals surface area contributed by atoms with E-state index in [0.29, 0.717) is 17.8 Å². The Morgan fingerprint density at radius 3 is 2.35 bits per heavy atom. The molecule has 0 aliphatic carbocycles. The lowest BCUT2D eigenvalue weighted by atomic mass is 10.1. The molecule has 1 fully saturated rings. The standard InChI is InChI=1S/C17H22F2N4O2S/c1-12-4-6-15(7-5-12)22-9-8-21(10-13(22)2)26(24,25)16-11-23(17(18)19)20-14(16)3/h4-7,11,13,17H,8-10H2,1-3H3. The molecular formula is C17H22F2N4O2S. The van der Waals surface area contributed by atoms with Gasteiger partial charge in [0.05, 0.1) is 11.9 Å². The third-order valence-electron chi connectivity index (χ3n) is 4.65.